The van der Waals surface area contributed by atoms with Crippen molar-refractivity contribution in [2.45, 2.75) is 32.6 Å². The molecule has 0 atom stereocenters. The highest BCUT2D eigenvalue weighted by Crippen LogP contribution is 2.33. The van der Waals surface area contributed by atoms with E-state index < -0.39 is 10.0 Å². The minimum atomic E-state index is -3.75. The van der Waals surface area contributed by atoms with Crippen molar-refractivity contribution in [3.63, 3.8) is 0 Å². The zero-order chi connectivity index (χ0) is 16.4. The van der Waals surface area contributed by atoms with Gasteiger partial charge in [-0.3, -0.25) is 0 Å². The zero-order valence-electron chi connectivity index (χ0n) is 12.7. The summed E-state index contributed by atoms with van der Waals surface area (Å²) in [7, 11) is -3.75. The third kappa shape index (κ3) is 4.74. The Morgan fingerprint density at radius 3 is 1.95 bits per heavy atom. The van der Waals surface area contributed by atoms with E-state index >= 15 is 0 Å². The van der Waals surface area contributed by atoms with Crippen molar-refractivity contribution < 1.29 is 8.42 Å². The normalized spacial score (nSPS) is 12.6. The maximum atomic E-state index is 12.9. The zero-order valence-corrected chi connectivity index (χ0v) is 15.1. The van der Waals surface area contributed by atoms with E-state index in [1.54, 1.807) is 0 Å². The molecule has 7 heteroatoms. The van der Waals surface area contributed by atoms with Crippen LogP contribution in [-0.2, 0) is 10.0 Å². The Kier molecular flexibility index (Phi) is 6.35. The average molecular weight is 353 g/mol. The van der Waals surface area contributed by atoms with Crippen LogP contribution in [0.2, 0.25) is 10.0 Å². The van der Waals surface area contributed by atoms with Crippen LogP contribution in [-0.4, -0.2) is 25.8 Å². The van der Waals surface area contributed by atoms with Gasteiger partial charge < -0.3 is 5.73 Å². The summed E-state index contributed by atoms with van der Waals surface area (Å²) in [6.07, 6.45) is 0. The molecule has 0 aliphatic carbocycles. The summed E-state index contributed by atoms with van der Waals surface area (Å²) in [5, 5.41) is 0.369. The molecule has 0 fully saturated rings. The van der Waals surface area contributed by atoms with Gasteiger partial charge in [0.15, 0.2) is 0 Å². The van der Waals surface area contributed by atoms with Gasteiger partial charge in [-0.25, -0.2) is 8.42 Å². The molecular formula is C14H22Cl2N2O2S. The molecular weight excluding hydrogens is 331 g/mol. The number of rotatable bonds is 6. The molecule has 120 valence electrons. The molecule has 0 bridgehead atoms. The minimum Gasteiger partial charge on any atom is -0.398 e. The van der Waals surface area contributed by atoms with Gasteiger partial charge in [0.1, 0.15) is 4.90 Å². The number of halogens is 2. The molecule has 0 heterocycles. The fraction of sp³-hybridized carbons (Fsp3) is 0.571. The van der Waals surface area contributed by atoms with Crippen LogP contribution in [0.4, 0.5) is 5.69 Å². The van der Waals surface area contributed by atoms with Gasteiger partial charge in [0.25, 0.3) is 0 Å². The second kappa shape index (κ2) is 7.18. The Hall–Kier alpha value is -0.490. The smallest absolute Gasteiger partial charge is 0.246 e. The Balaban J connectivity index is 3.35. The predicted octanol–water partition coefficient (Wildman–Crippen LogP) is 3.88. The number of benzene rings is 1. The third-order valence-corrected chi connectivity index (χ3v) is 5.35. The largest absolute Gasteiger partial charge is 0.398 e. The third-order valence-electron chi connectivity index (χ3n) is 2.77. The van der Waals surface area contributed by atoms with Crippen LogP contribution < -0.4 is 5.73 Å². The quantitative estimate of drug-likeness (QED) is 0.790. The average Bonchev–Trinajstić information content (AvgIpc) is 2.24. The number of hydrogen-bond acceptors (Lipinski definition) is 3. The molecule has 0 aliphatic heterocycles. The lowest BCUT2D eigenvalue weighted by atomic mass is 10.2. The maximum Gasteiger partial charge on any atom is 0.246 e. The van der Waals surface area contributed by atoms with Crippen molar-refractivity contribution in [2.24, 2.45) is 11.8 Å². The van der Waals surface area contributed by atoms with Gasteiger partial charge in [-0.1, -0.05) is 50.9 Å². The van der Waals surface area contributed by atoms with Crippen LogP contribution in [0.25, 0.3) is 0 Å². The Bertz CT molecular complexity index is 568. The summed E-state index contributed by atoms with van der Waals surface area (Å²) in [4.78, 5) is -0.0603. The number of anilines is 1. The van der Waals surface area contributed by atoms with Crippen molar-refractivity contribution in [2.75, 3.05) is 18.8 Å². The Morgan fingerprint density at radius 2 is 1.57 bits per heavy atom. The SMILES string of the molecule is CC(C)CN(CC(C)C)S(=O)(=O)c1c(N)cc(Cl)cc1Cl. The molecule has 1 rings (SSSR count). The summed E-state index contributed by atoms with van der Waals surface area (Å²) in [6, 6.07) is 2.80. The van der Waals surface area contributed by atoms with E-state index in [1.165, 1.54) is 16.4 Å². The number of nitrogen functional groups attached to an aromatic ring is 1. The summed E-state index contributed by atoms with van der Waals surface area (Å²) >= 11 is 11.9. The topological polar surface area (TPSA) is 63.4 Å². The van der Waals surface area contributed by atoms with Gasteiger partial charge >= 0.3 is 0 Å². The van der Waals surface area contributed by atoms with Crippen molar-refractivity contribution in [1.82, 2.24) is 4.31 Å². The molecule has 1 aromatic carbocycles. The van der Waals surface area contributed by atoms with E-state index in [0.717, 1.165) is 0 Å². The number of hydrogen-bond donors (Lipinski definition) is 1. The van der Waals surface area contributed by atoms with Gasteiger partial charge in [-0.2, -0.15) is 4.31 Å². The number of nitrogens with two attached hydrogens (primary N) is 1. The lowest BCUT2D eigenvalue weighted by Crippen LogP contribution is -2.37. The molecule has 0 spiro atoms. The summed E-state index contributed by atoms with van der Waals surface area (Å²) in [6.45, 7) is 8.70. The van der Waals surface area contributed by atoms with Gasteiger partial charge in [0.2, 0.25) is 10.0 Å². The molecule has 0 saturated carbocycles. The molecule has 0 saturated heterocycles. The first-order valence-electron chi connectivity index (χ1n) is 6.80. The standard InChI is InChI=1S/C14H22Cl2N2O2S/c1-9(2)7-18(8-10(3)4)21(19,20)14-12(16)5-11(15)6-13(14)17/h5-6,9-10H,7-8,17H2,1-4H3. The van der Waals surface area contributed by atoms with E-state index in [-0.39, 0.29) is 27.4 Å². The first-order valence-corrected chi connectivity index (χ1v) is 9.00. The number of nitrogens with zero attached hydrogens (tertiary/aromatic N) is 1. The van der Waals surface area contributed by atoms with E-state index in [1.807, 2.05) is 27.7 Å². The molecule has 0 unspecified atom stereocenters. The summed E-state index contributed by atoms with van der Waals surface area (Å²) in [5.74, 6) is 0.400. The van der Waals surface area contributed by atoms with Gasteiger partial charge in [0, 0.05) is 18.1 Å². The summed E-state index contributed by atoms with van der Waals surface area (Å²) in [5.41, 5.74) is 5.91. The van der Waals surface area contributed by atoms with Crippen LogP contribution in [0.3, 0.4) is 0 Å². The molecule has 0 amide bonds. The highest BCUT2D eigenvalue weighted by atomic mass is 35.5. The van der Waals surface area contributed by atoms with Crippen molar-refractivity contribution in [1.29, 1.82) is 0 Å². The van der Waals surface area contributed by atoms with E-state index in [2.05, 4.69) is 0 Å². The fourth-order valence-corrected chi connectivity index (χ4v) is 4.78. The van der Waals surface area contributed by atoms with Crippen LogP contribution in [0.5, 0.6) is 0 Å². The van der Waals surface area contributed by atoms with Gasteiger partial charge in [-0.15, -0.1) is 0 Å². The van der Waals surface area contributed by atoms with Crippen LogP contribution >= 0.6 is 23.2 Å². The predicted molar refractivity (Wildman–Crippen MR) is 89.3 cm³/mol. The molecule has 0 radical (unpaired) electrons. The fourth-order valence-electron chi connectivity index (χ4n) is 2.07. The molecule has 4 nitrogen and oxygen atoms in total. The Labute approximate surface area is 137 Å². The first kappa shape index (κ1) is 18.6. The van der Waals surface area contributed by atoms with Crippen LogP contribution in [0, 0.1) is 11.8 Å². The van der Waals surface area contributed by atoms with Crippen molar-refractivity contribution >= 4 is 38.9 Å². The first-order chi connectivity index (χ1) is 9.55. The molecule has 0 aliphatic rings. The van der Waals surface area contributed by atoms with Crippen molar-refractivity contribution in [3.8, 4) is 0 Å². The minimum absolute atomic E-state index is 0.0533. The molecule has 2 N–H and O–H groups in total. The number of sulfonamides is 1. The van der Waals surface area contributed by atoms with Gasteiger partial charge in [-0.05, 0) is 24.0 Å². The van der Waals surface area contributed by atoms with Gasteiger partial charge in [0.05, 0.1) is 10.7 Å². The highest BCUT2D eigenvalue weighted by Gasteiger charge is 2.30. The monoisotopic (exact) mass is 352 g/mol. The van der Waals surface area contributed by atoms with Crippen molar-refractivity contribution in [3.05, 3.63) is 22.2 Å². The lowest BCUT2D eigenvalue weighted by Gasteiger charge is -2.26. The second-order valence-electron chi connectivity index (χ2n) is 5.92. The molecule has 0 aromatic heterocycles. The van der Waals surface area contributed by atoms with Crippen LogP contribution in [0.1, 0.15) is 27.7 Å². The lowest BCUT2D eigenvalue weighted by molar-refractivity contribution is 0.333. The Morgan fingerprint density at radius 1 is 1.10 bits per heavy atom. The molecule has 21 heavy (non-hydrogen) atoms. The van der Waals surface area contributed by atoms with E-state index in [0.29, 0.717) is 18.1 Å². The van der Waals surface area contributed by atoms with E-state index in [4.69, 9.17) is 28.9 Å². The molecule has 1 aromatic rings. The second-order valence-corrected chi connectivity index (χ2v) is 8.63. The summed E-state index contributed by atoms with van der Waals surface area (Å²) < 4.78 is 27.2. The van der Waals surface area contributed by atoms with E-state index in [9.17, 15) is 8.42 Å². The maximum absolute atomic E-state index is 12.9. The van der Waals surface area contributed by atoms with Crippen LogP contribution in [0.15, 0.2) is 17.0 Å². The highest BCUT2D eigenvalue weighted by molar-refractivity contribution is 7.89.